The molecule has 38 heavy (non-hydrogen) atoms. The summed E-state index contributed by atoms with van der Waals surface area (Å²) in [6.45, 7) is 0. The van der Waals surface area contributed by atoms with Gasteiger partial charge in [0.15, 0.2) is 0 Å². The Morgan fingerprint density at radius 3 is 2.18 bits per heavy atom. The van der Waals surface area contributed by atoms with Gasteiger partial charge in [-0.2, -0.15) is 0 Å². The highest BCUT2D eigenvalue weighted by Crippen LogP contribution is 2.49. The maximum Gasteiger partial charge on any atom is 0.0630 e. The topological polar surface area (TPSA) is 19.0 Å². The molecular formula is C36H26N2. The van der Waals surface area contributed by atoms with Crippen molar-refractivity contribution in [3.8, 4) is 11.1 Å². The highest BCUT2D eigenvalue weighted by atomic mass is 15.2. The molecule has 0 radical (unpaired) electrons. The van der Waals surface area contributed by atoms with Crippen LogP contribution < -0.4 is 4.90 Å². The number of hydrogen-bond donors (Lipinski definition) is 1. The average molecular weight is 487 g/mol. The van der Waals surface area contributed by atoms with Gasteiger partial charge in [0.25, 0.3) is 0 Å². The molecule has 2 unspecified atom stereocenters. The lowest BCUT2D eigenvalue weighted by Gasteiger charge is -2.29. The van der Waals surface area contributed by atoms with Crippen molar-refractivity contribution in [3.63, 3.8) is 0 Å². The van der Waals surface area contributed by atoms with Crippen molar-refractivity contribution in [2.75, 3.05) is 4.90 Å². The molecule has 1 aliphatic carbocycles. The van der Waals surface area contributed by atoms with E-state index in [9.17, 15) is 0 Å². The van der Waals surface area contributed by atoms with E-state index in [0.29, 0.717) is 12.0 Å². The van der Waals surface area contributed by atoms with Crippen LogP contribution in [0.5, 0.6) is 0 Å². The Morgan fingerprint density at radius 1 is 0.579 bits per heavy atom. The molecule has 0 saturated heterocycles. The highest BCUT2D eigenvalue weighted by molar-refractivity contribution is 6.08. The van der Waals surface area contributed by atoms with Crippen molar-refractivity contribution in [1.82, 2.24) is 4.98 Å². The Kier molecular flexibility index (Phi) is 4.68. The quantitative estimate of drug-likeness (QED) is 0.264. The molecule has 180 valence electrons. The van der Waals surface area contributed by atoms with Crippen LogP contribution in [0.4, 0.5) is 11.4 Å². The largest absolute Gasteiger partial charge is 0.354 e. The molecule has 2 nitrogen and oxygen atoms in total. The number of aromatic amines is 1. The van der Waals surface area contributed by atoms with Gasteiger partial charge in [-0.25, -0.2) is 0 Å². The van der Waals surface area contributed by atoms with Gasteiger partial charge in [-0.3, -0.25) is 0 Å². The minimum atomic E-state index is 0.292. The fraction of sp³-hybridized carbons (Fsp3) is 0.0556. The SMILES string of the molecule is C1=CC2C(C=C1c1ccc(-c3ccc4c(c3)[nH]c3ccccc34)cc1)c1ccccc1N2c1ccccc1. The second kappa shape index (κ2) is 8.36. The molecule has 1 aliphatic heterocycles. The van der Waals surface area contributed by atoms with Crippen molar-refractivity contribution in [3.05, 3.63) is 151 Å². The van der Waals surface area contributed by atoms with Gasteiger partial charge in [0.2, 0.25) is 0 Å². The zero-order chi connectivity index (χ0) is 25.1. The zero-order valence-electron chi connectivity index (χ0n) is 20.9. The van der Waals surface area contributed by atoms with E-state index in [1.165, 1.54) is 61.0 Å². The van der Waals surface area contributed by atoms with Crippen LogP contribution in [0, 0.1) is 0 Å². The van der Waals surface area contributed by atoms with E-state index in [4.69, 9.17) is 0 Å². The molecule has 0 saturated carbocycles. The lowest BCUT2D eigenvalue weighted by molar-refractivity contribution is 0.747. The molecule has 2 atom stereocenters. The second-order valence-corrected chi connectivity index (χ2v) is 10.3. The number of nitrogens with one attached hydrogen (secondary N) is 1. The Morgan fingerprint density at radius 2 is 1.29 bits per heavy atom. The van der Waals surface area contributed by atoms with Crippen LogP contribution in [0.25, 0.3) is 38.5 Å². The van der Waals surface area contributed by atoms with Crippen molar-refractivity contribution in [1.29, 1.82) is 0 Å². The molecule has 0 bridgehead atoms. The molecule has 6 aromatic rings. The van der Waals surface area contributed by atoms with E-state index in [2.05, 4.69) is 149 Å². The summed E-state index contributed by atoms with van der Waals surface area (Å²) in [6, 6.07) is 44.1. The van der Waals surface area contributed by atoms with Crippen molar-refractivity contribution in [2.45, 2.75) is 12.0 Å². The Hall–Kier alpha value is -4.82. The van der Waals surface area contributed by atoms with E-state index >= 15 is 0 Å². The van der Waals surface area contributed by atoms with Crippen molar-refractivity contribution >= 4 is 38.8 Å². The maximum atomic E-state index is 3.57. The number of H-pyrrole nitrogens is 1. The summed E-state index contributed by atoms with van der Waals surface area (Å²) in [6.07, 6.45) is 7.14. The third-order valence-electron chi connectivity index (χ3n) is 8.15. The third-order valence-corrected chi connectivity index (χ3v) is 8.15. The Balaban J connectivity index is 1.12. The van der Waals surface area contributed by atoms with Crippen molar-refractivity contribution in [2.24, 2.45) is 0 Å². The van der Waals surface area contributed by atoms with E-state index in [0.717, 1.165) is 0 Å². The molecule has 1 aromatic heterocycles. The number of fused-ring (bicyclic) bond motifs is 6. The minimum absolute atomic E-state index is 0.292. The third kappa shape index (κ3) is 3.27. The molecule has 5 aromatic carbocycles. The fourth-order valence-electron chi connectivity index (χ4n) is 6.32. The van der Waals surface area contributed by atoms with Crippen LogP contribution >= 0.6 is 0 Å². The summed E-state index contributed by atoms with van der Waals surface area (Å²) in [5, 5.41) is 2.55. The van der Waals surface area contributed by atoms with Crippen LogP contribution in [-0.4, -0.2) is 11.0 Å². The first-order valence-electron chi connectivity index (χ1n) is 13.3. The molecule has 2 heteroatoms. The summed E-state index contributed by atoms with van der Waals surface area (Å²) in [5.41, 5.74) is 11.3. The maximum absolute atomic E-state index is 3.57. The van der Waals surface area contributed by atoms with Crippen LogP contribution in [0.2, 0.25) is 0 Å². The summed E-state index contributed by atoms with van der Waals surface area (Å²) in [5.74, 6) is 0.329. The number of benzene rings is 5. The first kappa shape index (κ1) is 21.3. The van der Waals surface area contributed by atoms with Gasteiger partial charge in [0.1, 0.15) is 0 Å². The Labute approximate surface area is 222 Å². The number of nitrogens with zero attached hydrogens (tertiary/aromatic N) is 1. The first-order chi connectivity index (χ1) is 18.8. The van der Waals surface area contributed by atoms with Gasteiger partial charge in [-0.05, 0) is 58.2 Å². The number of allylic oxidation sites excluding steroid dienone is 2. The summed E-state index contributed by atoms with van der Waals surface area (Å²) >= 11 is 0. The fourth-order valence-corrected chi connectivity index (χ4v) is 6.32. The highest BCUT2D eigenvalue weighted by Gasteiger charge is 2.38. The molecule has 0 fully saturated rings. The minimum Gasteiger partial charge on any atom is -0.354 e. The molecule has 1 N–H and O–H groups in total. The van der Waals surface area contributed by atoms with Crippen LogP contribution in [0.15, 0.2) is 140 Å². The predicted octanol–water partition coefficient (Wildman–Crippen LogP) is 9.25. The average Bonchev–Trinajstić information content (AvgIpc) is 3.52. The molecule has 2 aliphatic rings. The lowest BCUT2D eigenvalue weighted by Crippen LogP contribution is -2.28. The summed E-state index contributed by atoms with van der Waals surface area (Å²) in [4.78, 5) is 6.05. The van der Waals surface area contributed by atoms with Gasteiger partial charge in [0.05, 0.1) is 6.04 Å². The van der Waals surface area contributed by atoms with E-state index in [-0.39, 0.29) is 0 Å². The molecule has 0 amide bonds. The number of hydrogen-bond acceptors (Lipinski definition) is 1. The van der Waals surface area contributed by atoms with Gasteiger partial charge >= 0.3 is 0 Å². The summed E-state index contributed by atoms with van der Waals surface area (Å²) < 4.78 is 0. The van der Waals surface area contributed by atoms with Gasteiger partial charge < -0.3 is 9.88 Å². The first-order valence-corrected chi connectivity index (χ1v) is 13.3. The van der Waals surface area contributed by atoms with Gasteiger partial charge in [-0.1, -0.05) is 109 Å². The van der Waals surface area contributed by atoms with Gasteiger partial charge in [-0.15, -0.1) is 0 Å². The molecule has 0 spiro atoms. The second-order valence-electron chi connectivity index (χ2n) is 10.3. The van der Waals surface area contributed by atoms with Crippen LogP contribution in [0.1, 0.15) is 17.0 Å². The number of para-hydroxylation sites is 3. The van der Waals surface area contributed by atoms with E-state index < -0.39 is 0 Å². The molecular weight excluding hydrogens is 460 g/mol. The number of rotatable bonds is 3. The van der Waals surface area contributed by atoms with Gasteiger partial charge in [0, 0.05) is 39.1 Å². The van der Waals surface area contributed by atoms with E-state index in [1.807, 2.05) is 0 Å². The Bertz CT molecular complexity index is 1870. The standard InChI is InChI=1S/C36H26N2/c1-2-8-28(9-3-1)38-35-13-7-5-11-31(35)32-22-26(19-21-36(32)38)24-14-16-25(17-15-24)27-18-20-30-29-10-4-6-12-33(29)37-34(30)23-27/h1-23,32,36-37H. The molecule has 8 rings (SSSR count). The zero-order valence-corrected chi connectivity index (χ0v) is 20.9. The normalized spacial score (nSPS) is 18.0. The van der Waals surface area contributed by atoms with Crippen LogP contribution in [-0.2, 0) is 0 Å². The number of aromatic nitrogens is 1. The van der Waals surface area contributed by atoms with E-state index in [1.54, 1.807) is 0 Å². The lowest BCUT2D eigenvalue weighted by atomic mass is 9.86. The summed E-state index contributed by atoms with van der Waals surface area (Å²) in [7, 11) is 0. The predicted molar refractivity (Wildman–Crippen MR) is 160 cm³/mol. The monoisotopic (exact) mass is 486 g/mol. The number of anilines is 2. The smallest absolute Gasteiger partial charge is 0.0630 e. The van der Waals surface area contributed by atoms with Crippen LogP contribution in [0.3, 0.4) is 0 Å². The molecule has 2 heterocycles. The van der Waals surface area contributed by atoms with Crippen molar-refractivity contribution < 1.29 is 0 Å².